The molecular weight excluding hydrogens is 322 g/mol. The number of hydrogen-bond acceptors (Lipinski definition) is 4. The van der Waals surface area contributed by atoms with Gasteiger partial charge in [-0.25, -0.2) is 4.79 Å². The Hall–Kier alpha value is -1.07. The normalized spacial score (nSPS) is 17.0. The van der Waals surface area contributed by atoms with Crippen molar-refractivity contribution < 1.29 is 14.3 Å². The number of alkyl halides is 1. The lowest BCUT2D eigenvalue weighted by Crippen LogP contribution is -2.16. The topological polar surface area (TPSA) is 55.4 Å². The third-order valence-corrected chi connectivity index (χ3v) is 5.22. The first kappa shape index (κ1) is 17.3. The van der Waals surface area contributed by atoms with Crippen molar-refractivity contribution in [3.8, 4) is 0 Å². The van der Waals surface area contributed by atoms with Gasteiger partial charge in [0.1, 0.15) is 5.00 Å². The molecule has 1 atom stereocenters. The number of carbonyl (C=O) groups excluding carboxylic acids is 2. The second kappa shape index (κ2) is 7.97. The summed E-state index contributed by atoms with van der Waals surface area (Å²) < 4.78 is 5.18. The standard InChI is InChI=1S/C16H22ClNO3S/c1-3-21-16(20)14-11-7-6-10(2)9-12(11)22-15(14)18-13(19)5-4-8-17/h10H,3-9H2,1-2H3,(H,18,19)/t10-/m0/s1. The van der Waals surface area contributed by atoms with Crippen LogP contribution in [0.4, 0.5) is 5.00 Å². The highest BCUT2D eigenvalue weighted by Crippen LogP contribution is 2.40. The molecule has 1 amide bonds. The monoisotopic (exact) mass is 343 g/mol. The van der Waals surface area contributed by atoms with Gasteiger partial charge in [-0.1, -0.05) is 6.92 Å². The quantitative estimate of drug-likeness (QED) is 0.627. The van der Waals surface area contributed by atoms with Crippen LogP contribution in [0.5, 0.6) is 0 Å². The molecule has 1 aliphatic carbocycles. The number of thiophene rings is 1. The molecule has 0 fully saturated rings. The molecule has 6 heteroatoms. The Morgan fingerprint density at radius 1 is 1.45 bits per heavy atom. The first-order valence-corrected chi connectivity index (χ1v) is 9.09. The Balaban J connectivity index is 2.27. The van der Waals surface area contributed by atoms with Gasteiger partial charge in [0.15, 0.2) is 0 Å². The van der Waals surface area contributed by atoms with Crippen LogP contribution in [0, 0.1) is 5.92 Å². The van der Waals surface area contributed by atoms with Crippen molar-refractivity contribution in [2.24, 2.45) is 5.92 Å². The summed E-state index contributed by atoms with van der Waals surface area (Å²) in [6, 6.07) is 0. The molecule has 0 spiro atoms. The second-order valence-corrected chi connectivity index (χ2v) is 7.10. The average Bonchev–Trinajstić information content (AvgIpc) is 2.82. The van der Waals surface area contributed by atoms with Crippen LogP contribution in [-0.4, -0.2) is 24.4 Å². The Kier molecular flexibility index (Phi) is 6.26. The van der Waals surface area contributed by atoms with E-state index in [1.807, 2.05) is 0 Å². The summed E-state index contributed by atoms with van der Waals surface area (Å²) in [5.41, 5.74) is 1.63. The van der Waals surface area contributed by atoms with Crippen molar-refractivity contribution in [2.75, 3.05) is 17.8 Å². The van der Waals surface area contributed by atoms with Crippen molar-refractivity contribution >= 4 is 39.8 Å². The van der Waals surface area contributed by atoms with E-state index in [1.54, 1.807) is 6.92 Å². The van der Waals surface area contributed by atoms with E-state index < -0.39 is 0 Å². The van der Waals surface area contributed by atoms with E-state index in [-0.39, 0.29) is 11.9 Å². The summed E-state index contributed by atoms with van der Waals surface area (Å²) in [7, 11) is 0. The molecule has 1 aromatic rings. The minimum absolute atomic E-state index is 0.0992. The van der Waals surface area contributed by atoms with Gasteiger partial charge in [-0.2, -0.15) is 0 Å². The predicted octanol–water partition coefficient (Wildman–Crippen LogP) is 4.01. The highest BCUT2D eigenvalue weighted by Gasteiger charge is 2.28. The molecule has 4 nitrogen and oxygen atoms in total. The largest absolute Gasteiger partial charge is 0.462 e. The Morgan fingerprint density at radius 2 is 2.23 bits per heavy atom. The smallest absolute Gasteiger partial charge is 0.341 e. The number of esters is 1. The lowest BCUT2D eigenvalue weighted by atomic mass is 9.88. The number of rotatable bonds is 6. The number of hydrogen-bond donors (Lipinski definition) is 1. The van der Waals surface area contributed by atoms with E-state index in [2.05, 4.69) is 12.2 Å². The van der Waals surface area contributed by atoms with Gasteiger partial charge in [0.2, 0.25) is 5.91 Å². The van der Waals surface area contributed by atoms with Gasteiger partial charge >= 0.3 is 5.97 Å². The first-order valence-electron chi connectivity index (χ1n) is 7.74. The van der Waals surface area contributed by atoms with Crippen LogP contribution in [0.1, 0.15) is 53.9 Å². The van der Waals surface area contributed by atoms with E-state index in [9.17, 15) is 9.59 Å². The summed E-state index contributed by atoms with van der Waals surface area (Å²) in [5, 5.41) is 3.51. The summed E-state index contributed by atoms with van der Waals surface area (Å²) in [6.07, 6.45) is 3.90. The number of halogens is 1. The number of anilines is 1. The Bertz CT molecular complexity index is 556. The van der Waals surface area contributed by atoms with Crippen LogP contribution >= 0.6 is 22.9 Å². The van der Waals surface area contributed by atoms with Gasteiger partial charge in [-0.05, 0) is 44.1 Å². The fraction of sp³-hybridized carbons (Fsp3) is 0.625. The van der Waals surface area contributed by atoms with Gasteiger partial charge in [0, 0.05) is 17.2 Å². The molecule has 0 bridgehead atoms. The number of amides is 1. The predicted molar refractivity (Wildman–Crippen MR) is 90.0 cm³/mol. The minimum Gasteiger partial charge on any atom is -0.462 e. The van der Waals surface area contributed by atoms with E-state index in [1.165, 1.54) is 16.2 Å². The fourth-order valence-electron chi connectivity index (χ4n) is 2.67. The molecule has 1 heterocycles. The van der Waals surface area contributed by atoms with Crippen molar-refractivity contribution in [1.82, 2.24) is 0 Å². The van der Waals surface area contributed by atoms with Crippen LogP contribution in [0.15, 0.2) is 0 Å². The number of fused-ring (bicyclic) bond motifs is 1. The Morgan fingerprint density at radius 3 is 2.91 bits per heavy atom. The number of nitrogens with one attached hydrogen (secondary N) is 1. The lowest BCUT2D eigenvalue weighted by molar-refractivity contribution is -0.116. The summed E-state index contributed by atoms with van der Waals surface area (Å²) in [5.74, 6) is 0.636. The second-order valence-electron chi connectivity index (χ2n) is 5.62. The van der Waals surface area contributed by atoms with Gasteiger partial charge in [0.05, 0.1) is 12.2 Å². The average molecular weight is 344 g/mol. The van der Waals surface area contributed by atoms with E-state index in [0.29, 0.717) is 41.8 Å². The molecule has 1 aliphatic rings. The minimum atomic E-state index is -0.331. The van der Waals surface area contributed by atoms with Crippen molar-refractivity contribution in [3.63, 3.8) is 0 Å². The van der Waals surface area contributed by atoms with Crippen LogP contribution in [0.2, 0.25) is 0 Å². The molecule has 1 N–H and O–H groups in total. The van der Waals surface area contributed by atoms with Crippen LogP contribution < -0.4 is 5.32 Å². The molecule has 0 saturated heterocycles. The zero-order valence-corrected chi connectivity index (χ0v) is 14.6. The zero-order valence-electron chi connectivity index (χ0n) is 13.0. The van der Waals surface area contributed by atoms with E-state index in [0.717, 1.165) is 24.8 Å². The highest BCUT2D eigenvalue weighted by atomic mass is 35.5. The van der Waals surface area contributed by atoms with E-state index in [4.69, 9.17) is 16.3 Å². The molecule has 0 aliphatic heterocycles. The number of ether oxygens (including phenoxy) is 1. The maximum absolute atomic E-state index is 12.3. The summed E-state index contributed by atoms with van der Waals surface area (Å²) in [4.78, 5) is 25.5. The third-order valence-electron chi connectivity index (χ3n) is 3.78. The molecule has 0 radical (unpaired) electrons. The first-order chi connectivity index (χ1) is 10.6. The molecule has 0 saturated carbocycles. The van der Waals surface area contributed by atoms with Crippen LogP contribution in [0.3, 0.4) is 0 Å². The zero-order chi connectivity index (χ0) is 16.1. The molecule has 0 unspecified atom stereocenters. The van der Waals surface area contributed by atoms with Crippen LogP contribution in [-0.2, 0) is 22.4 Å². The molecule has 2 rings (SSSR count). The number of carbonyl (C=O) groups is 2. The molecular formula is C16H22ClNO3S. The van der Waals surface area contributed by atoms with Crippen molar-refractivity contribution in [1.29, 1.82) is 0 Å². The van der Waals surface area contributed by atoms with Gasteiger partial charge in [-0.15, -0.1) is 22.9 Å². The maximum Gasteiger partial charge on any atom is 0.341 e. The SMILES string of the molecule is CCOC(=O)c1c(NC(=O)CCCCl)sc2c1CC[C@H](C)C2. The van der Waals surface area contributed by atoms with E-state index >= 15 is 0 Å². The summed E-state index contributed by atoms with van der Waals surface area (Å²) >= 11 is 7.13. The molecule has 0 aromatic carbocycles. The highest BCUT2D eigenvalue weighted by molar-refractivity contribution is 7.17. The molecule has 122 valence electrons. The van der Waals surface area contributed by atoms with Gasteiger partial charge in [-0.3, -0.25) is 4.79 Å². The van der Waals surface area contributed by atoms with Crippen molar-refractivity contribution in [2.45, 2.75) is 46.0 Å². The third kappa shape index (κ3) is 4.02. The van der Waals surface area contributed by atoms with Crippen molar-refractivity contribution in [3.05, 3.63) is 16.0 Å². The molecule has 22 heavy (non-hydrogen) atoms. The fourth-order valence-corrected chi connectivity index (χ4v) is 4.22. The Labute approximate surface area is 140 Å². The van der Waals surface area contributed by atoms with Crippen LogP contribution in [0.25, 0.3) is 0 Å². The van der Waals surface area contributed by atoms with Gasteiger partial charge in [0.25, 0.3) is 0 Å². The summed E-state index contributed by atoms with van der Waals surface area (Å²) in [6.45, 7) is 4.34. The van der Waals surface area contributed by atoms with Gasteiger partial charge < -0.3 is 10.1 Å². The molecule has 1 aromatic heterocycles. The maximum atomic E-state index is 12.3. The lowest BCUT2D eigenvalue weighted by Gasteiger charge is -2.18.